The van der Waals surface area contributed by atoms with Gasteiger partial charge in [-0.25, -0.2) is 0 Å². The van der Waals surface area contributed by atoms with Crippen molar-refractivity contribution in [1.29, 1.82) is 0 Å². The molecule has 6 heteroatoms. The van der Waals surface area contributed by atoms with Gasteiger partial charge in [0.2, 0.25) is 0 Å². The Kier molecular flexibility index (Phi) is 2.24. The number of rotatable bonds is 2. The van der Waals surface area contributed by atoms with E-state index in [0.29, 0.717) is 0 Å². The second-order valence-electron chi connectivity index (χ2n) is 3.15. The zero-order valence-electron chi connectivity index (χ0n) is 7.95. The van der Waals surface area contributed by atoms with Crippen LogP contribution < -0.4 is 0 Å². The first-order valence-corrected chi connectivity index (χ1v) is 4.37. The Morgan fingerprint density at radius 1 is 1.25 bits per heavy atom. The molecular weight excluding hydrogens is 212 g/mol. The first-order chi connectivity index (χ1) is 7.65. The van der Waals surface area contributed by atoms with Crippen molar-refractivity contribution in [1.82, 2.24) is 0 Å². The summed E-state index contributed by atoms with van der Waals surface area (Å²) in [5.41, 5.74) is -0.303. The Morgan fingerprint density at radius 2 is 2.00 bits per heavy atom. The summed E-state index contributed by atoms with van der Waals surface area (Å²) in [6, 6.07) is 6.72. The van der Waals surface area contributed by atoms with E-state index in [9.17, 15) is 20.1 Å². The zero-order valence-corrected chi connectivity index (χ0v) is 7.95. The highest BCUT2D eigenvalue weighted by Crippen LogP contribution is 2.38. The van der Waals surface area contributed by atoms with E-state index in [1.165, 1.54) is 30.3 Å². The quantitative estimate of drug-likeness (QED) is 0.476. The van der Waals surface area contributed by atoms with E-state index in [1.807, 2.05) is 0 Å². The molecule has 0 amide bonds. The van der Waals surface area contributed by atoms with Crippen LogP contribution in [0.2, 0.25) is 0 Å². The third-order valence-corrected chi connectivity index (χ3v) is 2.27. The highest BCUT2D eigenvalue weighted by atomic mass is 16.6. The van der Waals surface area contributed by atoms with Crippen LogP contribution in [0.1, 0.15) is 0 Å². The van der Waals surface area contributed by atoms with Crippen LogP contribution in [-0.2, 0) is 0 Å². The number of phenolic OH excluding ortho intramolecular Hbond substituents is 1. The smallest absolute Gasteiger partial charge is 0.279 e. The van der Waals surface area contributed by atoms with Crippen LogP contribution in [0.3, 0.4) is 0 Å². The Morgan fingerprint density at radius 3 is 2.62 bits per heavy atom. The van der Waals surface area contributed by atoms with Crippen LogP contribution in [0.25, 0.3) is 10.8 Å². The van der Waals surface area contributed by atoms with Crippen molar-refractivity contribution < 1.29 is 10.0 Å². The summed E-state index contributed by atoms with van der Waals surface area (Å²) in [7, 11) is 0. The molecule has 2 rings (SSSR count). The molecule has 0 radical (unpaired) electrons. The molecule has 0 saturated carbocycles. The number of nitroso groups, excluding NO2 is 1. The molecule has 0 bridgehead atoms. The van der Waals surface area contributed by atoms with Crippen molar-refractivity contribution in [2.75, 3.05) is 0 Å². The summed E-state index contributed by atoms with van der Waals surface area (Å²) in [5, 5.41) is 23.3. The molecule has 0 atom stereocenters. The fourth-order valence-corrected chi connectivity index (χ4v) is 1.58. The number of hydrogen-bond acceptors (Lipinski definition) is 5. The van der Waals surface area contributed by atoms with Crippen LogP contribution in [0.4, 0.5) is 11.4 Å². The summed E-state index contributed by atoms with van der Waals surface area (Å²) >= 11 is 0. The van der Waals surface area contributed by atoms with E-state index in [0.717, 1.165) is 0 Å². The molecule has 0 heterocycles. The summed E-state index contributed by atoms with van der Waals surface area (Å²) in [6.07, 6.45) is 0. The maximum Gasteiger partial charge on any atom is 0.279 e. The number of non-ortho nitro benzene ring substituents is 1. The zero-order chi connectivity index (χ0) is 11.7. The van der Waals surface area contributed by atoms with Crippen LogP contribution in [0.15, 0.2) is 35.5 Å². The van der Waals surface area contributed by atoms with Gasteiger partial charge in [0.25, 0.3) is 5.69 Å². The summed E-state index contributed by atoms with van der Waals surface area (Å²) in [6.45, 7) is 0. The standard InChI is InChI=1S/C10H6N2O4/c13-9-5-4-7(11-14)10-6(9)2-1-3-8(10)12(15)16/h1-5,13H. The second kappa shape index (κ2) is 3.58. The first kappa shape index (κ1) is 10.0. The van der Waals surface area contributed by atoms with Gasteiger partial charge < -0.3 is 5.11 Å². The lowest BCUT2D eigenvalue weighted by Crippen LogP contribution is -1.89. The Hall–Kier alpha value is -2.50. The number of nitro benzene ring substituents is 1. The van der Waals surface area contributed by atoms with Crippen LogP contribution in [0, 0.1) is 15.0 Å². The number of hydrogen-bond donors (Lipinski definition) is 1. The molecule has 0 aromatic heterocycles. The van der Waals surface area contributed by atoms with E-state index in [2.05, 4.69) is 5.18 Å². The molecule has 0 saturated heterocycles. The minimum Gasteiger partial charge on any atom is -0.507 e. The average molecular weight is 218 g/mol. The van der Waals surface area contributed by atoms with E-state index in [4.69, 9.17) is 0 Å². The van der Waals surface area contributed by atoms with Crippen molar-refractivity contribution in [2.24, 2.45) is 5.18 Å². The topological polar surface area (TPSA) is 92.8 Å². The normalized spacial score (nSPS) is 10.2. The van der Waals surface area contributed by atoms with Gasteiger partial charge in [0.05, 0.1) is 10.3 Å². The van der Waals surface area contributed by atoms with Crippen molar-refractivity contribution in [3.63, 3.8) is 0 Å². The summed E-state index contributed by atoms with van der Waals surface area (Å²) in [5.74, 6) is -0.119. The van der Waals surface area contributed by atoms with Crippen LogP contribution in [0.5, 0.6) is 5.75 Å². The fourth-order valence-electron chi connectivity index (χ4n) is 1.58. The van der Waals surface area contributed by atoms with Crippen LogP contribution in [-0.4, -0.2) is 10.0 Å². The molecular formula is C10H6N2O4. The van der Waals surface area contributed by atoms with E-state index in [-0.39, 0.29) is 27.9 Å². The van der Waals surface area contributed by atoms with Gasteiger partial charge in [0.15, 0.2) is 0 Å². The maximum absolute atomic E-state index is 10.8. The molecule has 2 aromatic carbocycles. The SMILES string of the molecule is O=Nc1ccc(O)c2cccc([N+](=O)[O-])c12. The highest BCUT2D eigenvalue weighted by molar-refractivity contribution is 6.02. The second-order valence-corrected chi connectivity index (χ2v) is 3.15. The monoisotopic (exact) mass is 218 g/mol. The average Bonchev–Trinajstić information content (AvgIpc) is 2.29. The fraction of sp³-hybridized carbons (Fsp3) is 0. The van der Waals surface area contributed by atoms with Gasteiger partial charge in [-0.3, -0.25) is 10.1 Å². The highest BCUT2D eigenvalue weighted by Gasteiger charge is 2.17. The molecule has 0 aliphatic heterocycles. The largest absolute Gasteiger partial charge is 0.507 e. The number of aromatic hydroxyl groups is 1. The van der Waals surface area contributed by atoms with Crippen molar-refractivity contribution in [3.8, 4) is 5.75 Å². The van der Waals surface area contributed by atoms with Gasteiger partial charge in [0.1, 0.15) is 11.4 Å². The molecule has 2 aromatic rings. The molecule has 6 nitrogen and oxygen atoms in total. The molecule has 0 aliphatic carbocycles. The third kappa shape index (κ3) is 1.36. The number of fused-ring (bicyclic) bond motifs is 1. The van der Waals surface area contributed by atoms with Crippen molar-refractivity contribution in [3.05, 3.63) is 45.4 Å². The Bertz CT molecular complexity index is 595. The molecule has 0 unspecified atom stereocenters. The maximum atomic E-state index is 10.8. The van der Waals surface area contributed by atoms with Crippen molar-refractivity contribution in [2.45, 2.75) is 0 Å². The predicted octanol–water partition coefficient (Wildman–Crippen LogP) is 2.85. The summed E-state index contributed by atoms with van der Waals surface area (Å²) < 4.78 is 0. The molecule has 0 aliphatic rings. The van der Waals surface area contributed by atoms with Gasteiger partial charge in [-0.15, -0.1) is 4.91 Å². The van der Waals surface area contributed by atoms with Gasteiger partial charge in [-0.2, -0.15) is 0 Å². The molecule has 0 spiro atoms. The summed E-state index contributed by atoms with van der Waals surface area (Å²) in [4.78, 5) is 20.7. The van der Waals surface area contributed by atoms with E-state index >= 15 is 0 Å². The van der Waals surface area contributed by atoms with Gasteiger partial charge in [-0.1, -0.05) is 12.1 Å². The predicted molar refractivity (Wildman–Crippen MR) is 57.7 cm³/mol. The minimum atomic E-state index is -0.615. The molecule has 80 valence electrons. The third-order valence-electron chi connectivity index (χ3n) is 2.27. The molecule has 0 fully saturated rings. The van der Waals surface area contributed by atoms with Gasteiger partial charge >= 0.3 is 0 Å². The number of phenols is 1. The lowest BCUT2D eigenvalue weighted by molar-refractivity contribution is -0.383. The van der Waals surface area contributed by atoms with Gasteiger partial charge in [-0.05, 0) is 17.3 Å². The number of nitro groups is 1. The molecule has 16 heavy (non-hydrogen) atoms. The lowest BCUT2D eigenvalue weighted by Gasteiger charge is -2.03. The Labute approximate surface area is 89.3 Å². The first-order valence-electron chi connectivity index (χ1n) is 4.37. The van der Waals surface area contributed by atoms with Crippen molar-refractivity contribution >= 4 is 22.1 Å². The van der Waals surface area contributed by atoms with Crippen LogP contribution >= 0.6 is 0 Å². The van der Waals surface area contributed by atoms with Gasteiger partial charge in [0, 0.05) is 11.5 Å². The lowest BCUT2D eigenvalue weighted by atomic mass is 10.1. The molecule has 1 N–H and O–H groups in total. The Balaban J connectivity index is 2.99. The minimum absolute atomic E-state index is 0.0555. The number of nitrogens with zero attached hydrogens (tertiary/aromatic N) is 2. The van der Waals surface area contributed by atoms with E-state index in [1.54, 1.807) is 0 Å². The number of benzene rings is 2. The van der Waals surface area contributed by atoms with E-state index < -0.39 is 4.92 Å².